The predicted molar refractivity (Wildman–Crippen MR) is 104 cm³/mol. The molecule has 0 bridgehead atoms. The van der Waals surface area contributed by atoms with Gasteiger partial charge in [0.05, 0.1) is 27.4 Å². The van der Waals surface area contributed by atoms with Gasteiger partial charge in [-0.25, -0.2) is 0 Å². The van der Waals surface area contributed by atoms with E-state index in [2.05, 4.69) is 5.32 Å². The molecule has 0 fully saturated rings. The number of phenols is 1. The SMILES string of the molecule is COC1=CC=C2C(=CC1O)C(NC(C)=O)CCc1cc(OC)c(OC)c(O)c12. The number of hydrogen-bond donors (Lipinski definition) is 3. The number of nitrogens with one attached hydrogen (secondary N) is 1. The first-order chi connectivity index (χ1) is 13.4. The summed E-state index contributed by atoms with van der Waals surface area (Å²) in [6, 6.07) is 1.51. The number of ether oxygens (including phenoxy) is 3. The van der Waals surface area contributed by atoms with Crippen LogP contribution in [0.3, 0.4) is 0 Å². The van der Waals surface area contributed by atoms with Crippen molar-refractivity contribution in [2.75, 3.05) is 21.3 Å². The zero-order chi connectivity index (χ0) is 20.4. The second kappa shape index (κ2) is 7.98. The third-order valence-corrected chi connectivity index (χ3v) is 5.04. The minimum atomic E-state index is -0.964. The molecule has 3 N–H and O–H groups in total. The summed E-state index contributed by atoms with van der Waals surface area (Å²) >= 11 is 0. The molecule has 0 aliphatic heterocycles. The van der Waals surface area contributed by atoms with Crippen molar-refractivity contribution in [3.05, 3.63) is 46.8 Å². The maximum atomic E-state index is 11.8. The van der Waals surface area contributed by atoms with Gasteiger partial charge in [-0.1, -0.05) is 6.08 Å². The average molecular weight is 387 g/mol. The van der Waals surface area contributed by atoms with Gasteiger partial charge in [0, 0.05) is 12.5 Å². The van der Waals surface area contributed by atoms with Gasteiger partial charge in [-0.05, 0) is 47.8 Å². The van der Waals surface area contributed by atoms with Crippen LogP contribution in [0, 0.1) is 0 Å². The molecule has 0 radical (unpaired) electrons. The minimum absolute atomic E-state index is 0.0405. The number of carbonyl (C=O) groups excluding carboxylic acids is 1. The quantitative estimate of drug-likeness (QED) is 0.732. The number of phenolic OH excluding ortho intramolecular Hbond substituents is 1. The van der Waals surface area contributed by atoms with Crippen molar-refractivity contribution >= 4 is 11.5 Å². The Morgan fingerprint density at radius 2 is 1.93 bits per heavy atom. The second-order valence-corrected chi connectivity index (χ2v) is 6.71. The number of rotatable bonds is 4. The number of hydrogen-bond acceptors (Lipinski definition) is 6. The summed E-state index contributed by atoms with van der Waals surface area (Å²) in [5.41, 5.74) is 2.87. The maximum absolute atomic E-state index is 11.8. The Morgan fingerprint density at radius 1 is 1.18 bits per heavy atom. The van der Waals surface area contributed by atoms with E-state index >= 15 is 0 Å². The van der Waals surface area contributed by atoms with E-state index in [4.69, 9.17) is 14.2 Å². The number of aromatic hydroxyl groups is 1. The summed E-state index contributed by atoms with van der Waals surface area (Å²) in [4.78, 5) is 11.8. The van der Waals surface area contributed by atoms with Gasteiger partial charge in [-0.2, -0.15) is 0 Å². The van der Waals surface area contributed by atoms with Crippen LogP contribution in [-0.2, 0) is 16.0 Å². The molecule has 1 aromatic carbocycles. The van der Waals surface area contributed by atoms with Crippen LogP contribution in [-0.4, -0.2) is 49.6 Å². The van der Waals surface area contributed by atoms with E-state index in [1.54, 1.807) is 18.2 Å². The van der Waals surface area contributed by atoms with Crippen LogP contribution < -0.4 is 14.8 Å². The molecule has 2 aliphatic carbocycles. The molecular weight excluding hydrogens is 362 g/mol. The van der Waals surface area contributed by atoms with E-state index in [9.17, 15) is 15.0 Å². The van der Waals surface area contributed by atoms with E-state index in [1.807, 2.05) is 6.07 Å². The number of benzene rings is 1. The molecule has 0 saturated heterocycles. The summed E-state index contributed by atoms with van der Waals surface area (Å²) in [5.74, 6) is 0.830. The summed E-state index contributed by atoms with van der Waals surface area (Å²) in [7, 11) is 4.46. The highest BCUT2D eigenvalue weighted by atomic mass is 16.5. The fourth-order valence-electron chi connectivity index (χ4n) is 3.80. The Morgan fingerprint density at radius 3 is 2.54 bits per heavy atom. The lowest BCUT2D eigenvalue weighted by molar-refractivity contribution is -0.119. The van der Waals surface area contributed by atoms with Gasteiger partial charge in [0.1, 0.15) is 11.9 Å². The molecule has 28 heavy (non-hydrogen) atoms. The molecule has 0 spiro atoms. The van der Waals surface area contributed by atoms with E-state index < -0.39 is 6.10 Å². The topological polar surface area (TPSA) is 97.3 Å². The van der Waals surface area contributed by atoms with Gasteiger partial charge >= 0.3 is 0 Å². The molecular formula is C21H25NO6. The fraction of sp³-hybridized carbons (Fsp3) is 0.381. The van der Waals surface area contributed by atoms with Crippen molar-refractivity contribution in [2.24, 2.45) is 0 Å². The van der Waals surface area contributed by atoms with Crippen LogP contribution >= 0.6 is 0 Å². The Hall–Kier alpha value is -2.93. The zero-order valence-electron chi connectivity index (χ0n) is 16.4. The molecule has 1 aromatic rings. The lowest BCUT2D eigenvalue weighted by Gasteiger charge is -2.22. The zero-order valence-corrected chi connectivity index (χ0v) is 16.4. The second-order valence-electron chi connectivity index (χ2n) is 6.71. The van der Waals surface area contributed by atoms with Gasteiger partial charge in [0.25, 0.3) is 0 Å². The maximum Gasteiger partial charge on any atom is 0.217 e. The lowest BCUT2D eigenvalue weighted by Crippen LogP contribution is -2.35. The number of carbonyl (C=O) groups is 1. The molecule has 2 unspecified atom stereocenters. The normalized spacial score (nSPS) is 21.0. The van der Waals surface area contributed by atoms with Crippen molar-refractivity contribution in [1.82, 2.24) is 5.32 Å². The van der Waals surface area contributed by atoms with E-state index in [0.717, 1.165) is 5.56 Å². The highest BCUT2D eigenvalue weighted by Crippen LogP contribution is 2.48. The first-order valence-corrected chi connectivity index (χ1v) is 9.01. The first kappa shape index (κ1) is 19.8. The number of allylic oxidation sites excluding steroid dienone is 2. The van der Waals surface area contributed by atoms with Gasteiger partial charge < -0.3 is 29.7 Å². The van der Waals surface area contributed by atoms with Crippen molar-refractivity contribution < 1.29 is 29.2 Å². The van der Waals surface area contributed by atoms with Gasteiger partial charge in [-0.15, -0.1) is 0 Å². The summed E-state index contributed by atoms with van der Waals surface area (Å²) in [5, 5.41) is 24.4. The van der Waals surface area contributed by atoms with E-state index in [0.29, 0.717) is 41.1 Å². The Labute approximate surface area is 163 Å². The number of methoxy groups -OCH3 is 3. The monoisotopic (exact) mass is 387 g/mol. The molecule has 2 atom stereocenters. The largest absolute Gasteiger partial charge is 0.504 e. The average Bonchev–Trinajstić information content (AvgIpc) is 2.90. The Kier molecular flexibility index (Phi) is 5.65. The number of aliphatic hydroxyl groups excluding tert-OH is 1. The number of aryl methyl sites for hydroxylation is 1. The molecule has 150 valence electrons. The number of amides is 1. The Bertz CT molecular complexity index is 883. The molecule has 0 heterocycles. The van der Waals surface area contributed by atoms with Crippen molar-refractivity contribution in [3.8, 4) is 17.2 Å². The molecule has 0 saturated carbocycles. The van der Waals surface area contributed by atoms with Crippen LogP contribution in [0.1, 0.15) is 24.5 Å². The number of fused-ring (bicyclic) bond motifs is 3. The highest BCUT2D eigenvalue weighted by Gasteiger charge is 2.32. The van der Waals surface area contributed by atoms with E-state index in [1.165, 1.54) is 28.3 Å². The number of aliphatic hydroxyl groups is 1. The summed E-state index contributed by atoms with van der Waals surface area (Å²) in [6.07, 6.45) is 5.33. The van der Waals surface area contributed by atoms with Crippen molar-refractivity contribution in [1.29, 1.82) is 0 Å². The Balaban J connectivity index is 2.27. The summed E-state index contributed by atoms with van der Waals surface area (Å²) in [6.45, 7) is 1.46. The van der Waals surface area contributed by atoms with Crippen LogP contribution in [0.25, 0.3) is 5.57 Å². The predicted octanol–water partition coefficient (Wildman–Crippen LogP) is 2.07. The van der Waals surface area contributed by atoms with Crippen molar-refractivity contribution in [3.63, 3.8) is 0 Å². The van der Waals surface area contributed by atoms with Crippen LogP contribution in [0.4, 0.5) is 0 Å². The minimum Gasteiger partial charge on any atom is -0.504 e. The standard InChI is InChI=1S/C21H25NO6/c1-11(23)22-15-7-5-12-9-18(27-3)21(28-4)20(25)19(12)13-6-8-17(26-2)16(24)10-14(13)15/h6,8-10,15-16,24-25H,5,7H2,1-4H3,(H,22,23). The molecule has 7 heteroatoms. The van der Waals surface area contributed by atoms with Crippen LogP contribution in [0.15, 0.2) is 35.6 Å². The molecule has 3 rings (SSSR count). The van der Waals surface area contributed by atoms with Crippen molar-refractivity contribution in [2.45, 2.75) is 31.9 Å². The third kappa shape index (κ3) is 3.45. The van der Waals surface area contributed by atoms with Crippen LogP contribution in [0.5, 0.6) is 17.2 Å². The smallest absolute Gasteiger partial charge is 0.217 e. The molecule has 1 amide bonds. The van der Waals surface area contributed by atoms with Gasteiger partial charge in [0.2, 0.25) is 11.7 Å². The summed E-state index contributed by atoms with van der Waals surface area (Å²) < 4.78 is 16.0. The fourth-order valence-corrected chi connectivity index (χ4v) is 3.80. The molecule has 0 aromatic heterocycles. The third-order valence-electron chi connectivity index (χ3n) is 5.04. The first-order valence-electron chi connectivity index (χ1n) is 9.01. The van der Waals surface area contributed by atoms with Gasteiger partial charge in [-0.3, -0.25) is 4.79 Å². The highest BCUT2D eigenvalue weighted by molar-refractivity contribution is 5.90. The lowest BCUT2D eigenvalue weighted by atomic mass is 9.91. The van der Waals surface area contributed by atoms with E-state index in [-0.39, 0.29) is 23.4 Å². The molecule has 7 nitrogen and oxygen atoms in total. The van der Waals surface area contributed by atoms with Crippen LogP contribution in [0.2, 0.25) is 0 Å². The molecule has 2 aliphatic rings. The van der Waals surface area contributed by atoms with Gasteiger partial charge in [0.15, 0.2) is 11.5 Å².